The van der Waals surface area contributed by atoms with E-state index >= 15 is 0 Å². The quantitative estimate of drug-likeness (QED) is 0.707. The van der Waals surface area contributed by atoms with E-state index in [-0.39, 0.29) is 11.7 Å². The second-order valence-corrected chi connectivity index (χ2v) is 7.70. The second-order valence-electron chi connectivity index (χ2n) is 6.59. The second kappa shape index (κ2) is 10.3. The minimum atomic E-state index is -0.163. The molecule has 0 aliphatic carbocycles. The molecule has 0 radical (unpaired) electrons. The molecule has 4 nitrogen and oxygen atoms in total. The Kier molecular flexibility index (Phi) is 7.54. The number of halogens is 1. The predicted octanol–water partition coefficient (Wildman–Crippen LogP) is 3.00. The minimum Gasteiger partial charge on any atom is -0.369 e. The number of carbonyl (C=O) groups is 1. The molecular weight excluding hydrogens is 361 g/mol. The number of amides is 1. The van der Waals surface area contributed by atoms with E-state index in [0.29, 0.717) is 24.4 Å². The molecule has 1 N–H and O–H groups in total. The third kappa shape index (κ3) is 6.26. The van der Waals surface area contributed by atoms with E-state index in [0.717, 1.165) is 31.9 Å². The van der Waals surface area contributed by atoms with Crippen LogP contribution in [0.3, 0.4) is 0 Å². The average molecular weight is 388 g/mol. The first-order valence-corrected chi connectivity index (χ1v) is 10.5. The van der Waals surface area contributed by atoms with Crippen molar-refractivity contribution in [3.05, 3.63) is 66.0 Å². The largest absolute Gasteiger partial charge is 0.369 e. The van der Waals surface area contributed by atoms with Crippen LogP contribution in [0, 0.1) is 5.82 Å². The fourth-order valence-electron chi connectivity index (χ4n) is 3.12. The van der Waals surface area contributed by atoms with Gasteiger partial charge in [0.05, 0.1) is 6.54 Å². The first-order chi connectivity index (χ1) is 13.2. The number of piperazine rings is 1. The molecule has 0 unspecified atom stereocenters. The van der Waals surface area contributed by atoms with Crippen molar-refractivity contribution in [1.82, 2.24) is 10.2 Å². The first kappa shape index (κ1) is 19.7. The van der Waals surface area contributed by atoms with Crippen LogP contribution in [0.15, 0.2) is 54.6 Å². The summed E-state index contributed by atoms with van der Waals surface area (Å²) in [5, 5.41) is 2.96. The maximum absolute atomic E-state index is 13.5. The third-order valence-electron chi connectivity index (χ3n) is 4.64. The summed E-state index contributed by atoms with van der Waals surface area (Å²) in [5.41, 5.74) is 1.96. The third-order valence-corrected chi connectivity index (χ3v) is 5.65. The van der Waals surface area contributed by atoms with Crippen LogP contribution in [0.2, 0.25) is 0 Å². The van der Waals surface area contributed by atoms with E-state index in [1.807, 2.05) is 12.1 Å². The van der Waals surface area contributed by atoms with Crippen LogP contribution in [-0.2, 0) is 10.5 Å². The Morgan fingerprint density at radius 3 is 2.44 bits per heavy atom. The van der Waals surface area contributed by atoms with Crippen LogP contribution in [0.25, 0.3) is 0 Å². The summed E-state index contributed by atoms with van der Waals surface area (Å²) < 4.78 is 13.5. The number of benzene rings is 2. The van der Waals surface area contributed by atoms with Gasteiger partial charge >= 0.3 is 0 Å². The smallest absolute Gasteiger partial charge is 0.234 e. The van der Waals surface area contributed by atoms with Crippen molar-refractivity contribution in [3.63, 3.8) is 0 Å². The first-order valence-electron chi connectivity index (χ1n) is 9.32. The fraction of sp³-hybridized carbons (Fsp3) is 0.381. The molecular formula is C21H26FN3OS. The summed E-state index contributed by atoms with van der Waals surface area (Å²) in [6, 6.07) is 17.2. The highest BCUT2D eigenvalue weighted by Crippen LogP contribution is 2.16. The van der Waals surface area contributed by atoms with Crippen LogP contribution in [-0.4, -0.2) is 55.8 Å². The number of nitrogens with one attached hydrogen (secondary N) is 1. The van der Waals surface area contributed by atoms with Crippen molar-refractivity contribution in [3.8, 4) is 0 Å². The highest BCUT2D eigenvalue weighted by molar-refractivity contribution is 7.98. The summed E-state index contributed by atoms with van der Waals surface area (Å²) in [4.78, 5) is 16.7. The van der Waals surface area contributed by atoms with Crippen LogP contribution < -0.4 is 10.2 Å². The molecule has 6 heteroatoms. The zero-order valence-electron chi connectivity index (χ0n) is 15.4. The van der Waals surface area contributed by atoms with Gasteiger partial charge in [0, 0.05) is 49.9 Å². The van der Waals surface area contributed by atoms with Crippen molar-refractivity contribution in [2.45, 2.75) is 5.75 Å². The average Bonchev–Trinajstić information content (AvgIpc) is 2.70. The molecule has 27 heavy (non-hydrogen) atoms. The number of rotatable bonds is 8. The Morgan fingerprint density at radius 1 is 1.00 bits per heavy atom. The standard InChI is InChI=1S/C21H26FN3OS/c22-20-9-5-4-6-18(20)17-27-15-10-23-21(26)16-24-11-13-25(14-12-24)19-7-2-1-3-8-19/h1-9H,10-17H2,(H,23,26). The number of para-hydroxylation sites is 1. The molecule has 0 spiro atoms. The van der Waals surface area contributed by atoms with Gasteiger partial charge in [-0.05, 0) is 23.8 Å². The van der Waals surface area contributed by atoms with Gasteiger partial charge in [0.1, 0.15) is 5.82 Å². The maximum Gasteiger partial charge on any atom is 0.234 e. The molecule has 0 atom stereocenters. The van der Waals surface area contributed by atoms with Crippen molar-refractivity contribution >= 4 is 23.4 Å². The number of anilines is 1. The monoisotopic (exact) mass is 387 g/mol. The molecule has 1 aliphatic heterocycles. The Bertz CT molecular complexity index is 720. The zero-order valence-corrected chi connectivity index (χ0v) is 16.3. The lowest BCUT2D eigenvalue weighted by Crippen LogP contribution is -2.49. The molecule has 0 bridgehead atoms. The van der Waals surface area contributed by atoms with Crippen LogP contribution in [0.5, 0.6) is 0 Å². The van der Waals surface area contributed by atoms with E-state index < -0.39 is 0 Å². The van der Waals surface area contributed by atoms with Crippen molar-refractivity contribution in [1.29, 1.82) is 0 Å². The fourth-order valence-corrected chi connectivity index (χ4v) is 3.97. The van der Waals surface area contributed by atoms with Gasteiger partial charge in [0.2, 0.25) is 5.91 Å². The van der Waals surface area contributed by atoms with Gasteiger partial charge in [0.25, 0.3) is 0 Å². The highest BCUT2D eigenvalue weighted by atomic mass is 32.2. The molecule has 2 aromatic rings. The van der Waals surface area contributed by atoms with Gasteiger partial charge < -0.3 is 10.2 Å². The van der Waals surface area contributed by atoms with Gasteiger partial charge in [0.15, 0.2) is 0 Å². The Morgan fingerprint density at radius 2 is 1.70 bits per heavy atom. The van der Waals surface area contributed by atoms with Crippen molar-refractivity contribution < 1.29 is 9.18 Å². The molecule has 0 saturated carbocycles. The summed E-state index contributed by atoms with van der Waals surface area (Å²) >= 11 is 1.63. The lowest BCUT2D eigenvalue weighted by atomic mass is 10.2. The molecule has 0 aromatic heterocycles. The summed E-state index contributed by atoms with van der Waals surface area (Å²) in [6.07, 6.45) is 0. The lowest BCUT2D eigenvalue weighted by Gasteiger charge is -2.35. The Balaban J connectivity index is 1.28. The minimum absolute atomic E-state index is 0.0645. The summed E-state index contributed by atoms with van der Waals surface area (Å²) in [6.45, 7) is 4.73. The van der Waals surface area contributed by atoms with Gasteiger partial charge in [-0.3, -0.25) is 9.69 Å². The van der Waals surface area contributed by atoms with E-state index in [1.165, 1.54) is 11.8 Å². The van der Waals surface area contributed by atoms with Gasteiger partial charge in [-0.25, -0.2) is 4.39 Å². The SMILES string of the molecule is O=C(CN1CCN(c2ccccc2)CC1)NCCSCc1ccccc1F. The summed E-state index contributed by atoms with van der Waals surface area (Å²) in [7, 11) is 0. The van der Waals surface area contributed by atoms with E-state index in [9.17, 15) is 9.18 Å². The van der Waals surface area contributed by atoms with Gasteiger partial charge in [-0.15, -0.1) is 0 Å². The lowest BCUT2D eigenvalue weighted by molar-refractivity contribution is -0.122. The molecule has 1 heterocycles. The Hall–Kier alpha value is -2.05. The molecule has 1 aliphatic rings. The van der Waals surface area contributed by atoms with Crippen LogP contribution in [0.1, 0.15) is 5.56 Å². The molecule has 1 saturated heterocycles. The number of hydrogen-bond donors (Lipinski definition) is 1. The van der Waals surface area contributed by atoms with E-state index in [2.05, 4.69) is 39.4 Å². The molecule has 144 valence electrons. The maximum atomic E-state index is 13.5. The van der Waals surface area contributed by atoms with Gasteiger partial charge in [-0.2, -0.15) is 11.8 Å². The molecule has 1 fully saturated rings. The van der Waals surface area contributed by atoms with E-state index in [4.69, 9.17) is 0 Å². The number of hydrogen-bond acceptors (Lipinski definition) is 4. The van der Waals surface area contributed by atoms with Gasteiger partial charge in [-0.1, -0.05) is 36.4 Å². The Labute approximate surface area is 164 Å². The molecule has 2 aromatic carbocycles. The topological polar surface area (TPSA) is 35.6 Å². The zero-order chi connectivity index (χ0) is 18.9. The number of nitrogens with zero attached hydrogens (tertiary/aromatic N) is 2. The van der Waals surface area contributed by atoms with Crippen molar-refractivity contribution in [2.24, 2.45) is 0 Å². The van der Waals surface area contributed by atoms with Crippen LogP contribution in [0.4, 0.5) is 10.1 Å². The van der Waals surface area contributed by atoms with E-state index in [1.54, 1.807) is 23.9 Å². The normalized spacial score (nSPS) is 14.9. The predicted molar refractivity (Wildman–Crippen MR) is 111 cm³/mol. The molecule has 1 amide bonds. The number of thioether (sulfide) groups is 1. The molecule has 3 rings (SSSR count). The van der Waals surface area contributed by atoms with Crippen LogP contribution >= 0.6 is 11.8 Å². The number of carbonyl (C=O) groups excluding carboxylic acids is 1. The summed E-state index contributed by atoms with van der Waals surface area (Å²) in [5.74, 6) is 1.31. The van der Waals surface area contributed by atoms with Crippen molar-refractivity contribution in [2.75, 3.05) is 49.9 Å². The highest BCUT2D eigenvalue weighted by Gasteiger charge is 2.18.